The molecule has 0 saturated carbocycles. The Kier molecular flexibility index (Phi) is 3.01. The van der Waals surface area contributed by atoms with Gasteiger partial charge in [0, 0.05) is 15.2 Å². The normalized spacial score (nSPS) is 11.0. The third-order valence-electron chi connectivity index (χ3n) is 2.51. The van der Waals surface area contributed by atoms with Crippen molar-refractivity contribution >= 4 is 55.6 Å². The average molecular weight is 342 g/mol. The molecular weight excluding hydrogens is 336 g/mol. The minimum absolute atomic E-state index is 0.127. The lowest BCUT2D eigenvalue weighted by Gasteiger charge is -1.91. The molecule has 2 heterocycles. The lowest BCUT2D eigenvalue weighted by atomic mass is 10.2. The number of ketones is 1. The summed E-state index contributed by atoms with van der Waals surface area (Å²) in [6.45, 7) is 0. The van der Waals surface area contributed by atoms with Crippen LogP contribution in [0, 0.1) is 0 Å². The molecule has 0 aliphatic heterocycles. The standard InChI is InChI=1S/C13H6BrClO2S/c14-8-5-11(18-6-8)12(16)10-4-7-2-1-3-9(15)13(7)17-10/h1-6H. The second-order valence-corrected chi connectivity index (χ2v) is 5.96. The smallest absolute Gasteiger partial charge is 0.238 e. The molecule has 3 aromatic rings. The third-order valence-corrected chi connectivity index (χ3v) is 4.50. The van der Waals surface area contributed by atoms with E-state index in [0.29, 0.717) is 21.2 Å². The molecule has 0 aliphatic rings. The zero-order valence-electron chi connectivity index (χ0n) is 8.94. The monoisotopic (exact) mass is 340 g/mol. The van der Waals surface area contributed by atoms with Crippen molar-refractivity contribution in [1.82, 2.24) is 0 Å². The predicted octanol–water partition coefficient (Wildman–Crippen LogP) is 5.14. The summed E-state index contributed by atoms with van der Waals surface area (Å²) in [6, 6.07) is 8.93. The van der Waals surface area contributed by atoms with Gasteiger partial charge in [-0.25, -0.2) is 0 Å². The van der Waals surface area contributed by atoms with Gasteiger partial charge in [0.2, 0.25) is 5.78 Å². The van der Waals surface area contributed by atoms with Crippen LogP contribution in [-0.2, 0) is 0 Å². The van der Waals surface area contributed by atoms with E-state index in [-0.39, 0.29) is 5.78 Å². The Hall–Kier alpha value is -1.10. The molecule has 0 aliphatic carbocycles. The van der Waals surface area contributed by atoms with Crippen molar-refractivity contribution in [2.24, 2.45) is 0 Å². The summed E-state index contributed by atoms with van der Waals surface area (Å²) in [5.74, 6) is 0.186. The molecule has 0 saturated heterocycles. The van der Waals surface area contributed by atoms with Crippen LogP contribution in [0.2, 0.25) is 5.02 Å². The number of carbonyl (C=O) groups excluding carboxylic acids is 1. The molecule has 2 aromatic heterocycles. The second kappa shape index (κ2) is 4.53. The van der Waals surface area contributed by atoms with Crippen molar-refractivity contribution in [3.05, 3.63) is 55.8 Å². The molecule has 0 radical (unpaired) electrons. The van der Waals surface area contributed by atoms with E-state index in [4.69, 9.17) is 16.0 Å². The maximum atomic E-state index is 12.2. The predicted molar refractivity (Wildman–Crippen MR) is 76.7 cm³/mol. The van der Waals surface area contributed by atoms with Crippen molar-refractivity contribution < 1.29 is 9.21 Å². The van der Waals surface area contributed by atoms with Gasteiger partial charge in [0.15, 0.2) is 11.3 Å². The lowest BCUT2D eigenvalue weighted by molar-refractivity contribution is 0.101. The van der Waals surface area contributed by atoms with E-state index in [1.54, 1.807) is 18.2 Å². The first kappa shape index (κ1) is 12.0. The van der Waals surface area contributed by atoms with E-state index in [0.717, 1.165) is 9.86 Å². The van der Waals surface area contributed by atoms with Gasteiger partial charge in [0.05, 0.1) is 9.90 Å². The highest BCUT2D eigenvalue weighted by molar-refractivity contribution is 9.10. The Morgan fingerprint density at radius 1 is 1.33 bits per heavy atom. The molecule has 0 spiro atoms. The van der Waals surface area contributed by atoms with Gasteiger partial charge >= 0.3 is 0 Å². The van der Waals surface area contributed by atoms with Crippen LogP contribution in [0.25, 0.3) is 11.0 Å². The Morgan fingerprint density at radius 3 is 2.83 bits per heavy atom. The highest BCUT2D eigenvalue weighted by atomic mass is 79.9. The van der Waals surface area contributed by atoms with Crippen LogP contribution >= 0.6 is 38.9 Å². The number of hydrogen-bond acceptors (Lipinski definition) is 3. The van der Waals surface area contributed by atoms with Crippen LogP contribution in [0.4, 0.5) is 0 Å². The molecule has 0 fully saturated rings. The number of rotatable bonds is 2. The number of fused-ring (bicyclic) bond motifs is 1. The number of halogens is 2. The number of hydrogen-bond donors (Lipinski definition) is 0. The fourth-order valence-corrected chi connectivity index (χ4v) is 3.28. The molecule has 18 heavy (non-hydrogen) atoms. The van der Waals surface area contributed by atoms with E-state index < -0.39 is 0 Å². The van der Waals surface area contributed by atoms with Crippen LogP contribution < -0.4 is 0 Å². The number of furan rings is 1. The molecule has 0 unspecified atom stereocenters. The summed E-state index contributed by atoms with van der Waals surface area (Å²) in [4.78, 5) is 12.8. The second-order valence-electron chi connectivity index (χ2n) is 3.73. The van der Waals surface area contributed by atoms with Gasteiger partial charge in [0.25, 0.3) is 0 Å². The van der Waals surface area contributed by atoms with Gasteiger partial charge in [-0.15, -0.1) is 11.3 Å². The van der Waals surface area contributed by atoms with Crippen LogP contribution in [0.3, 0.4) is 0 Å². The molecule has 5 heteroatoms. The van der Waals surface area contributed by atoms with Gasteiger partial charge < -0.3 is 4.42 Å². The van der Waals surface area contributed by atoms with E-state index in [1.807, 2.05) is 17.5 Å². The van der Waals surface area contributed by atoms with Crippen LogP contribution in [0.15, 0.2) is 44.6 Å². The molecule has 3 rings (SSSR count). The maximum absolute atomic E-state index is 12.2. The van der Waals surface area contributed by atoms with E-state index in [2.05, 4.69) is 15.9 Å². The first-order chi connectivity index (χ1) is 8.65. The Balaban J connectivity index is 2.10. The lowest BCUT2D eigenvalue weighted by Crippen LogP contribution is -1.95. The fraction of sp³-hybridized carbons (Fsp3) is 0. The zero-order valence-corrected chi connectivity index (χ0v) is 12.1. The third kappa shape index (κ3) is 2.00. The van der Waals surface area contributed by atoms with Crippen molar-refractivity contribution in [3.8, 4) is 0 Å². The van der Waals surface area contributed by atoms with E-state index >= 15 is 0 Å². The van der Waals surface area contributed by atoms with Gasteiger partial charge in [-0.05, 0) is 34.1 Å². The summed E-state index contributed by atoms with van der Waals surface area (Å²) in [6.07, 6.45) is 0. The SMILES string of the molecule is O=C(c1cc2cccc(Cl)c2o1)c1cc(Br)cs1. The Labute approximate surface area is 120 Å². The average Bonchev–Trinajstić information content (AvgIpc) is 2.95. The molecule has 0 N–H and O–H groups in total. The largest absolute Gasteiger partial charge is 0.451 e. The topological polar surface area (TPSA) is 30.2 Å². The first-order valence-electron chi connectivity index (χ1n) is 5.12. The summed E-state index contributed by atoms with van der Waals surface area (Å²) >= 11 is 10.7. The summed E-state index contributed by atoms with van der Waals surface area (Å²) < 4.78 is 6.43. The fourth-order valence-electron chi connectivity index (χ4n) is 1.69. The molecule has 0 atom stereocenters. The maximum Gasteiger partial charge on any atom is 0.238 e. The van der Waals surface area contributed by atoms with E-state index in [9.17, 15) is 4.79 Å². The van der Waals surface area contributed by atoms with Crippen molar-refractivity contribution in [3.63, 3.8) is 0 Å². The Morgan fingerprint density at radius 2 is 2.17 bits per heavy atom. The molecule has 90 valence electrons. The van der Waals surface area contributed by atoms with Gasteiger partial charge in [-0.1, -0.05) is 23.7 Å². The number of para-hydroxylation sites is 1. The van der Waals surface area contributed by atoms with Gasteiger partial charge in [-0.2, -0.15) is 0 Å². The molecule has 1 aromatic carbocycles. The van der Waals surface area contributed by atoms with Crippen LogP contribution in [0.1, 0.15) is 15.4 Å². The summed E-state index contributed by atoms with van der Waals surface area (Å²) in [5.41, 5.74) is 0.554. The molecule has 0 amide bonds. The highest BCUT2D eigenvalue weighted by Crippen LogP contribution is 2.29. The number of benzene rings is 1. The van der Waals surface area contributed by atoms with Gasteiger partial charge in [0.1, 0.15) is 0 Å². The van der Waals surface area contributed by atoms with Crippen LogP contribution in [-0.4, -0.2) is 5.78 Å². The van der Waals surface area contributed by atoms with Crippen LogP contribution in [0.5, 0.6) is 0 Å². The van der Waals surface area contributed by atoms with E-state index in [1.165, 1.54) is 11.3 Å². The molecular formula is C13H6BrClO2S. The van der Waals surface area contributed by atoms with Gasteiger partial charge in [-0.3, -0.25) is 4.79 Å². The van der Waals surface area contributed by atoms with Crippen molar-refractivity contribution in [2.75, 3.05) is 0 Å². The van der Waals surface area contributed by atoms with Crippen molar-refractivity contribution in [2.45, 2.75) is 0 Å². The zero-order chi connectivity index (χ0) is 12.7. The number of thiophene rings is 1. The highest BCUT2D eigenvalue weighted by Gasteiger charge is 2.17. The van der Waals surface area contributed by atoms with Crippen molar-refractivity contribution in [1.29, 1.82) is 0 Å². The summed E-state index contributed by atoms with van der Waals surface area (Å²) in [7, 11) is 0. The minimum Gasteiger partial charge on any atom is -0.451 e. The Bertz CT molecular complexity index is 744. The number of carbonyl (C=O) groups is 1. The minimum atomic E-state index is -0.127. The quantitative estimate of drug-likeness (QED) is 0.604. The first-order valence-corrected chi connectivity index (χ1v) is 7.17. The molecule has 2 nitrogen and oxygen atoms in total. The molecule has 0 bridgehead atoms. The summed E-state index contributed by atoms with van der Waals surface area (Å²) in [5, 5.41) is 3.21.